The molecule has 22 heavy (non-hydrogen) atoms. The molecular formula is C16H11ClO4S. The molecule has 112 valence electrons. The van der Waals surface area contributed by atoms with Gasteiger partial charge in [0.25, 0.3) is 0 Å². The molecule has 1 aromatic carbocycles. The molecule has 0 N–H and O–H groups in total. The average Bonchev–Trinajstić information content (AvgIpc) is 2.90. The van der Waals surface area contributed by atoms with E-state index in [9.17, 15) is 9.59 Å². The Morgan fingerprint density at radius 3 is 2.91 bits per heavy atom. The SMILES string of the molecule is Cc1cc2scc(C(=O)COc3ccccc3Cl)c2c(=O)o1. The monoisotopic (exact) mass is 334 g/mol. The van der Waals surface area contributed by atoms with Crippen LogP contribution in [-0.4, -0.2) is 12.4 Å². The van der Waals surface area contributed by atoms with Crippen molar-refractivity contribution in [2.24, 2.45) is 0 Å². The molecule has 0 unspecified atom stereocenters. The fourth-order valence-corrected chi connectivity index (χ4v) is 3.32. The first-order chi connectivity index (χ1) is 10.6. The Bertz CT molecular complexity index is 910. The Hall–Kier alpha value is -2.11. The van der Waals surface area contributed by atoms with E-state index in [1.165, 1.54) is 11.3 Å². The van der Waals surface area contributed by atoms with Crippen molar-refractivity contribution in [1.29, 1.82) is 0 Å². The van der Waals surface area contributed by atoms with Gasteiger partial charge in [0.1, 0.15) is 11.5 Å². The first-order valence-corrected chi connectivity index (χ1v) is 7.74. The number of carbonyl (C=O) groups excluding carboxylic acids is 1. The van der Waals surface area contributed by atoms with E-state index in [4.69, 9.17) is 20.8 Å². The van der Waals surface area contributed by atoms with E-state index >= 15 is 0 Å². The summed E-state index contributed by atoms with van der Waals surface area (Å²) in [6.45, 7) is 1.51. The maximum absolute atomic E-state index is 12.3. The predicted molar refractivity (Wildman–Crippen MR) is 86.4 cm³/mol. The number of benzene rings is 1. The van der Waals surface area contributed by atoms with Crippen LogP contribution in [0.4, 0.5) is 0 Å². The summed E-state index contributed by atoms with van der Waals surface area (Å²) in [6.07, 6.45) is 0. The number of hydrogen-bond acceptors (Lipinski definition) is 5. The summed E-state index contributed by atoms with van der Waals surface area (Å²) < 4.78 is 11.2. The fourth-order valence-electron chi connectivity index (χ4n) is 2.09. The molecule has 0 atom stereocenters. The average molecular weight is 335 g/mol. The Kier molecular flexibility index (Phi) is 4.00. The Labute approximate surface area is 134 Å². The van der Waals surface area contributed by atoms with Gasteiger partial charge in [-0.3, -0.25) is 4.79 Å². The molecule has 2 heterocycles. The first kappa shape index (κ1) is 14.8. The Morgan fingerprint density at radius 2 is 2.14 bits per heavy atom. The molecule has 0 saturated heterocycles. The minimum Gasteiger partial charge on any atom is -0.484 e. The molecule has 0 fully saturated rings. The lowest BCUT2D eigenvalue weighted by molar-refractivity contribution is 0.0923. The smallest absolute Gasteiger partial charge is 0.345 e. The molecule has 0 bridgehead atoms. The van der Waals surface area contributed by atoms with Crippen LogP contribution in [0.3, 0.4) is 0 Å². The van der Waals surface area contributed by atoms with Crippen LogP contribution >= 0.6 is 22.9 Å². The lowest BCUT2D eigenvalue weighted by Crippen LogP contribution is -2.13. The van der Waals surface area contributed by atoms with Gasteiger partial charge in [-0.05, 0) is 25.1 Å². The number of thiophene rings is 1. The third-order valence-corrected chi connectivity index (χ3v) is 4.35. The Balaban J connectivity index is 1.87. The van der Waals surface area contributed by atoms with Gasteiger partial charge >= 0.3 is 5.63 Å². The third kappa shape index (κ3) is 2.77. The number of halogens is 1. The highest BCUT2D eigenvalue weighted by molar-refractivity contribution is 7.17. The zero-order chi connectivity index (χ0) is 15.7. The molecule has 0 spiro atoms. The molecule has 0 aliphatic heterocycles. The summed E-state index contributed by atoms with van der Waals surface area (Å²) in [5, 5.41) is 2.39. The van der Waals surface area contributed by atoms with Crippen molar-refractivity contribution in [3.05, 3.63) is 62.5 Å². The van der Waals surface area contributed by atoms with Gasteiger partial charge in [-0.25, -0.2) is 4.79 Å². The summed E-state index contributed by atoms with van der Waals surface area (Å²) in [5.74, 6) is 0.660. The second-order valence-corrected chi connectivity index (χ2v) is 5.99. The van der Waals surface area contributed by atoms with Gasteiger partial charge in [-0.15, -0.1) is 11.3 Å². The third-order valence-electron chi connectivity index (χ3n) is 3.11. The van der Waals surface area contributed by atoms with Crippen molar-refractivity contribution < 1.29 is 13.9 Å². The molecule has 0 amide bonds. The molecule has 3 rings (SSSR count). The topological polar surface area (TPSA) is 56.5 Å². The fraction of sp³-hybridized carbons (Fsp3) is 0.125. The van der Waals surface area contributed by atoms with Crippen LogP contribution in [-0.2, 0) is 0 Å². The summed E-state index contributed by atoms with van der Waals surface area (Å²) in [5.41, 5.74) is -0.182. The maximum Gasteiger partial charge on any atom is 0.345 e. The number of Topliss-reactive ketones (excluding diaryl/α,β-unsaturated/α-hetero) is 1. The Morgan fingerprint density at radius 1 is 1.36 bits per heavy atom. The quantitative estimate of drug-likeness (QED) is 0.675. The van der Waals surface area contributed by atoms with Crippen LogP contribution in [0, 0.1) is 6.92 Å². The van der Waals surface area contributed by atoms with Crippen molar-refractivity contribution in [2.45, 2.75) is 6.92 Å². The van der Waals surface area contributed by atoms with Crippen LogP contribution < -0.4 is 10.4 Å². The molecule has 0 saturated carbocycles. The number of rotatable bonds is 4. The van der Waals surface area contributed by atoms with Gasteiger partial charge in [0, 0.05) is 15.6 Å². The molecular weight excluding hydrogens is 324 g/mol. The van der Waals surface area contributed by atoms with Crippen LogP contribution in [0.15, 0.2) is 44.9 Å². The minimum atomic E-state index is -0.502. The zero-order valence-electron chi connectivity index (χ0n) is 11.6. The predicted octanol–water partition coefficient (Wildman–Crippen LogP) is 4.08. The van der Waals surface area contributed by atoms with Crippen molar-refractivity contribution >= 4 is 38.8 Å². The number of ketones is 1. The molecule has 0 aliphatic rings. The van der Waals surface area contributed by atoms with Crippen LogP contribution in [0.5, 0.6) is 5.75 Å². The van der Waals surface area contributed by atoms with Gasteiger partial charge in [0.05, 0.1) is 10.4 Å². The lowest BCUT2D eigenvalue weighted by atomic mass is 10.1. The van der Waals surface area contributed by atoms with E-state index in [1.54, 1.807) is 42.6 Å². The van der Waals surface area contributed by atoms with Crippen LogP contribution in [0.1, 0.15) is 16.1 Å². The zero-order valence-corrected chi connectivity index (χ0v) is 13.2. The van der Waals surface area contributed by atoms with Crippen molar-refractivity contribution in [3.8, 4) is 5.75 Å². The molecule has 2 aromatic heterocycles. The lowest BCUT2D eigenvalue weighted by Gasteiger charge is -2.06. The van der Waals surface area contributed by atoms with E-state index in [1.807, 2.05) is 0 Å². The maximum atomic E-state index is 12.3. The minimum absolute atomic E-state index is 0.192. The molecule has 3 aromatic rings. The number of carbonyl (C=O) groups is 1. The number of para-hydroxylation sites is 1. The van der Waals surface area contributed by atoms with E-state index in [0.29, 0.717) is 27.5 Å². The van der Waals surface area contributed by atoms with Gasteiger partial charge in [0.15, 0.2) is 6.61 Å². The van der Waals surface area contributed by atoms with Crippen molar-refractivity contribution in [2.75, 3.05) is 6.61 Å². The van der Waals surface area contributed by atoms with Crippen molar-refractivity contribution in [1.82, 2.24) is 0 Å². The largest absolute Gasteiger partial charge is 0.484 e. The highest BCUT2D eigenvalue weighted by atomic mass is 35.5. The van der Waals surface area contributed by atoms with E-state index in [-0.39, 0.29) is 12.4 Å². The summed E-state index contributed by atoms with van der Waals surface area (Å²) >= 11 is 7.30. The number of aryl methyl sites for hydroxylation is 1. The second kappa shape index (κ2) is 5.94. The summed E-state index contributed by atoms with van der Waals surface area (Å²) in [4.78, 5) is 24.2. The highest BCUT2D eigenvalue weighted by Gasteiger charge is 2.17. The molecule has 4 nitrogen and oxygen atoms in total. The number of fused-ring (bicyclic) bond motifs is 1. The van der Waals surface area contributed by atoms with Gasteiger partial charge in [-0.2, -0.15) is 0 Å². The van der Waals surface area contributed by atoms with Crippen molar-refractivity contribution in [3.63, 3.8) is 0 Å². The molecule has 0 radical (unpaired) electrons. The number of ether oxygens (including phenoxy) is 1. The van der Waals surface area contributed by atoms with Gasteiger partial charge in [0.2, 0.25) is 5.78 Å². The molecule has 6 heteroatoms. The van der Waals surface area contributed by atoms with Gasteiger partial charge < -0.3 is 9.15 Å². The van der Waals surface area contributed by atoms with Crippen LogP contribution in [0.2, 0.25) is 5.02 Å². The van der Waals surface area contributed by atoms with E-state index in [2.05, 4.69) is 0 Å². The summed E-state index contributed by atoms with van der Waals surface area (Å²) in [7, 11) is 0. The first-order valence-electron chi connectivity index (χ1n) is 6.49. The number of hydrogen-bond donors (Lipinski definition) is 0. The normalized spacial score (nSPS) is 10.8. The second-order valence-electron chi connectivity index (χ2n) is 4.68. The van der Waals surface area contributed by atoms with E-state index in [0.717, 1.165) is 4.70 Å². The van der Waals surface area contributed by atoms with Crippen LogP contribution in [0.25, 0.3) is 10.1 Å². The standard InChI is InChI=1S/C16H11ClO4S/c1-9-6-14-15(16(19)21-9)10(8-22-14)12(18)7-20-13-5-3-2-4-11(13)17/h2-6,8H,7H2,1H3. The van der Waals surface area contributed by atoms with E-state index < -0.39 is 5.63 Å². The molecule has 0 aliphatic carbocycles. The summed E-state index contributed by atoms with van der Waals surface area (Å²) in [6, 6.07) is 8.64. The highest BCUT2D eigenvalue weighted by Crippen LogP contribution is 2.26. The van der Waals surface area contributed by atoms with Gasteiger partial charge in [-0.1, -0.05) is 23.7 Å².